The molecule has 0 aliphatic carbocycles. The standard InChI is InChI=1S/C17H20N4O2S/c1-4-22-12(2)16-19-15(23-20-16)11-21-10-14(18-17(21)24-3)13-8-6-5-7-9-13/h5-10,12H,4,11H2,1-3H3/t12-/m1/s1. The molecule has 2 heterocycles. The van der Waals surface area contributed by atoms with Crippen molar-refractivity contribution in [1.29, 1.82) is 0 Å². The number of hydrogen-bond donors (Lipinski definition) is 0. The molecule has 0 saturated carbocycles. The van der Waals surface area contributed by atoms with Crippen LogP contribution in [0.3, 0.4) is 0 Å². The van der Waals surface area contributed by atoms with E-state index in [1.165, 1.54) is 0 Å². The van der Waals surface area contributed by atoms with Crippen molar-refractivity contribution in [2.75, 3.05) is 12.9 Å². The second-order valence-corrected chi connectivity index (χ2v) is 6.02. The minimum absolute atomic E-state index is 0.171. The van der Waals surface area contributed by atoms with Crippen molar-refractivity contribution in [1.82, 2.24) is 19.7 Å². The zero-order valence-corrected chi connectivity index (χ0v) is 14.8. The van der Waals surface area contributed by atoms with Crippen LogP contribution in [0.5, 0.6) is 0 Å². The molecule has 0 bridgehead atoms. The van der Waals surface area contributed by atoms with Gasteiger partial charge in [0.15, 0.2) is 11.0 Å². The first-order valence-corrected chi connectivity index (χ1v) is 9.04. The molecule has 3 rings (SSSR count). The van der Waals surface area contributed by atoms with E-state index in [0.29, 0.717) is 24.9 Å². The summed E-state index contributed by atoms with van der Waals surface area (Å²) in [6.45, 7) is 4.96. The highest BCUT2D eigenvalue weighted by atomic mass is 32.2. The quantitative estimate of drug-likeness (QED) is 0.607. The van der Waals surface area contributed by atoms with Gasteiger partial charge in [0.05, 0.1) is 5.69 Å². The third-order valence-electron chi connectivity index (χ3n) is 3.56. The van der Waals surface area contributed by atoms with Crippen LogP contribution >= 0.6 is 11.8 Å². The molecular formula is C17H20N4O2S. The smallest absolute Gasteiger partial charge is 0.246 e. The summed E-state index contributed by atoms with van der Waals surface area (Å²) in [5, 5.41) is 4.91. The molecule has 3 aromatic rings. The fraction of sp³-hybridized carbons (Fsp3) is 0.353. The Hall–Kier alpha value is -2.12. The minimum Gasteiger partial charge on any atom is -0.371 e. The monoisotopic (exact) mass is 344 g/mol. The van der Waals surface area contributed by atoms with Gasteiger partial charge in [0.1, 0.15) is 12.6 Å². The van der Waals surface area contributed by atoms with Crippen LogP contribution in [0.2, 0.25) is 0 Å². The van der Waals surface area contributed by atoms with E-state index in [0.717, 1.165) is 16.4 Å². The van der Waals surface area contributed by atoms with E-state index < -0.39 is 0 Å². The summed E-state index contributed by atoms with van der Waals surface area (Å²) in [5.41, 5.74) is 2.02. The van der Waals surface area contributed by atoms with E-state index >= 15 is 0 Å². The summed E-state index contributed by atoms with van der Waals surface area (Å²) >= 11 is 1.59. The number of benzene rings is 1. The summed E-state index contributed by atoms with van der Waals surface area (Å²) in [4.78, 5) is 9.10. The van der Waals surface area contributed by atoms with Crippen LogP contribution in [0.4, 0.5) is 0 Å². The highest BCUT2D eigenvalue weighted by molar-refractivity contribution is 7.98. The van der Waals surface area contributed by atoms with Crippen molar-refractivity contribution in [3.05, 3.63) is 48.2 Å². The molecule has 2 aromatic heterocycles. The molecule has 24 heavy (non-hydrogen) atoms. The molecule has 0 aliphatic heterocycles. The van der Waals surface area contributed by atoms with Gasteiger partial charge in [-0.15, -0.1) is 0 Å². The molecule has 0 aliphatic rings. The van der Waals surface area contributed by atoms with Crippen LogP contribution in [0.25, 0.3) is 11.3 Å². The Balaban J connectivity index is 1.81. The van der Waals surface area contributed by atoms with Crippen molar-refractivity contribution in [2.45, 2.75) is 31.7 Å². The number of hydrogen-bond acceptors (Lipinski definition) is 6. The Morgan fingerprint density at radius 3 is 2.75 bits per heavy atom. The van der Waals surface area contributed by atoms with Gasteiger partial charge in [-0.2, -0.15) is 4.98 Å². The Labute approximate surface area is 145 Å². The molecule has 6 nitrogen and oxygen atoms in total. The molecule has 0 fully saturated rings. The zero-order valence-electron chi connectivity index (χ0n) is 14.0. The topological polar surface area (TPSA) is 66.0 Å². The largest absolute Gasteiger partial charge is 0.371 e. The SMILES string of the molecule is CCO[C@H](C)c1noc(Cn2cc(-c3ccccc3)nc2SC)n1. The molecule has 0 amide bonds. The van der Waals surface area contributed by atoms with Gasteiger partial charge in [-0.05, 0) is 20.1 Å². The average molecular weight is 344 g/mol. The van der Waals surface area contributed by atoms with Gasteiger partial charge in [-0.3, -0.25) is 0 Å². The van der Waals surface area contributed by atoms with Gasteiger partial charge < -0.3 is 13.8 Å². The van der Waals surface area contributed by atoms with E-state index in [4.69, 9.17) is 9.26 Å². The van der Waals surface area contributed by atoms with Gasteiger partial charge >= 0.3 is 0 Å². The maximum Gasteiger partial charge on any atom is 0.246 e. The van der Waals surface area contributed by atoms with Crippen LogP contribution in [0, 0.1) is 0 Å². The van der Waals surface area contributed by atoms with Crippen molar-refractivity contribution in [3.8, 4) is 11.3 Å². The Bertz CT molecular complexity index is 785. The van der Waals surface area contributed by atoms with Crippen molar-refractivity contribution in [3.63, 3.8) is 0 Å². The van der Waals surface area contributed by atoms with E-state index in [2.05, 4.69) is 15.1 Å². The number of imidazole rings is 1. The van der Waals surface area contributed by atoms with Gasteiger partial charge in [-0.25, -0.2) is 4.98 Å². The summed E-state index contributed by atoms with van der Waals surface area (Å²) < 4.78 is 12.9. The number of nitrogens with zero attached hydrogens (tertiary/aromatic N) is 4. The number of thioether (sulfide) groups is 1. The molecule has 0 radical (unpaired) electrons. The van der Waals surface area contributed by atoms with Crippen LogP contribution in [0.15, 0.2) is 46.2 Å². The third kappa shape index (κ3) is 3.68. The molecule has 0 unspecified atom stereocenters. The van der Waals surface area contributed by atoms with Gasteiger partial charge in [-0.1, -0.05) is 47.3 Å². The molecular weight excluding hydrogens is 324 g/mol. The van der Waals surface area contributed by atoms with Crippen molar-refractivity contribution >= 4 is 11.8 Å². The Morgan fingerprint density at radius 1 is 1.25 bits per heavy atom. The van der Waals surface area contributed by atoms with Crippen LogP contribution in [0.1, 0.15) is 31.7 Å². The highest BCUT2D eigenvalue weighted by Crippen LogP contribution is 2.24. The summed E-state index contributed by atoms with van der Waals surface area (Å²) in [5.74, 6) is 1.12. The molecule has 1 atom stereocenters. The number of ether oxygens (including phenoxy) is 1. The van der Waals surface area contributed by atoms with E-state index in [1.807, 2.05) is 61.2 Å². The van der Waals surface area contributed by atoms with E-state index in [1.54, 1.807) is 11.8 Å². The van der Waals surface area contributed by atoms with Crippen LogP contribution < -0.4 is 0 Å². The fourth-order valence-corrected chi connectivity index (χ4v) is 2.93. The van der Waals surface area contributed by atoms with Crippen LogP contribution in [-0.4, -0.2) is 32.6 Å². The molecule has 7 heteroatoms. The van der Waals surface area contributed by atoms with Gasteiger partial charge in [0.25, 0.3) is 0 Å². The highest BCUT2D eigenvalue weighted by Gasteiger charge is 2.16. The molecule has 126 valence electrons. The third-order valence-corrected chi connectivity index (χ3v) is 4.25. The van der Waals surface area contributed by atoms with E-state index in [-0.39, 0.29) is 6.10 Å². The normalized spacial score (nSPS) is 12.5. The molecule has 0 spiro atoms. The first kappa shape index (κ1) is 16.7. The predicted octanol–water partition coefficient (Wildman–Crippen LogP) is 3.80. The lowest BCUT2D eigenvalue weighted by Crippen LogP contribution is -2.03. The summed E-state index contributed by atoms with van der Waals surface area (Å²) in [6, 6.07) is 10.1. The molecule has 0 N–H and O–H groups in total. The lowest BCUT2D eigenvalue weighted by molar-refractivity contribution is 0.0683. The second-order valence-electron chi connectivity index (χ2n) is 5.25. The lowest BCUT2D eigenvalue weighted by atomic mass is 10.2. The molecule has 0 saturated heterocycles. The molecule has 1 aromatic carbocycles. The van der Waals surface area contributed by atoms with Crippen LogP contribution in [-0.2, 0) is 11.3 Å². The fourth-order valence-electron chi connectivity index (χ4n) is 2.39. The Kier molecular flexibility index (Phi) is 5.32. The first-order chi connectivity index (χ1) is 11.7. The van der Waals surface area contributed by atoms with E-state index in [9.17, 15) is 0 Å². The minimum atomic E-state index is -0.171. The maximum absolute atomic E-state index is 5.49. The number of aromatic nitrogens is 4. The zero-order chi connectivity index (χ0) is 16.9. The second kappa shape index (κ2) is 7.63. The first-order valence-electron chi connectivity index (χ1n) is 7.82. The lowest BCUT2D eigenvalue weighted by Gasteiger charge is -2.05. The predicted molar refractivity (Wildman–Crippen MR) is 92.9 cm³/mol. The number of rotatable bonds is 7. The summed E-state index contributed by atoms with van der Waals surface area (Å²) in [7, 11) is 0. The Morgan fingerprint density at radius 2 is 2.04 bits per heavy atom. The maximum atomic E-state index is 5.49. The van der Waals surface area contributed by atoms with Crippen molar-refractivity contribution in [2.24, 2.45) is 0 Å². The summed E-state index contributed by atoms with van der Waals surface area (Å²) in [6.07, 6.45) is 3.84. The van der Waals surface area contributed by atoms with Crippen molar-refractivity contribution < 1.29 is 9.26 Å². The van der Waals surface area contributed by atoms with Gasteiger partial charge in [0, 0.05) is 18.4 Å². The average Bonchev–Trinajstić information content (AvgIpc) is 3.23. The van der Waals surface area contributed by atoms with Gasteiger partial charge in [0.2, 0.25) is 5.89 Å².